The highest BCUT2D eigenvalue weighted by Gasteiger charge is 2.43. The maximum atomic E-state index is 12.9. The molecule has 0 radical (unpaired) electrons. The van der Waals surface area contributed by atoms with Gasteiger partial charge in [0.15, 0.2) is 29.2 Å². The number of aromatic nitrogens is 4. The van der Waals surface area contributed by atoms with Gasteiger partial charge in [-0.25, -0.2) is 15.0 Å². The smallest absolute Gasteiger partial charge is 0.416 e. The first-order chi connectivity index (χ1) is 16.5. The molecule has 1 aliphatic heterocycles. The fourth-order valence-corrected chi connectivity index (χ4v) is 3.54. The zero-order valence-corrected chi connectivity index (χ0v) is 17.6. The Hall–Kier alpha value is -3.95. The van der Waals surface area contributed by atoms with E-state index in [0.29, 0.717) is 12.1 Å². The minimum atomic E-state index is -4.84. The van der Waals surface area contributed by atoms with Gasteiger partial charge in [0.25, 0.3) is 5.91 Å². The minimum absolute atomic E-state index is 0.120. The van der Waals surface area contributed by atoms with Gasteiger partial charge in [0.05, 0.1) is 17.5 Å². The summed E-state index contributed by atoms with van der Waals surface area (Å²) in [5.74, 6) is -3.06. The van der Waals surface area contributed by atoms with Crippen molar-refractivity contribution in [2.75, 3.05) is 12.3 Å². The number of alkyl halides is 3. The lowest BCUT2D eigenvalue weighted by atomic mass is 10.1. The number of carbonyl (C=O) groups is 1. The van der Waals surface area contributed by atoms with Crippen molar-refractivity contribution in [3.8, 4) is 11.5 Å². The van der Waals surface area contributed by atoms with E-state index in [0.717, 1.165) is 0 Å². The van der Waals surface area contributed by atoms with Gasteiger partial charge in [0.1, 0.15) is 30.2 Å². The molecular formula is C20H19F3N6O6. The third kappa shape index (κ3) is 4.55. The molecule has 1 fully saturated rings. The van der Waals surface area contributed by atoms with Crippen molar-refractivity contribution in [3.05, 3.63) is 48.1 Å². The van der Waals surface area contributed by atoms with E-state index in [1.165, 1.54) is 29.4 Å². The summed E-state index contributed by atoms with van der Waals surface area (Å²) in [6, 6.07) is 0.709. The number of aliphatic hydroxyl groups is 2. The van der Waals surface area contributed by atoms with Crippen LogP contribution in [-0.4, -0.2) is 70.7 Å². The van der Waals surface area contributed by atoms with Crippen LogP contribution in [-0.2, 0) is 10.9 Å². The van der Waals surface area contributed by atoms with Crippen molar-refractivity contribution in [1.29, 1.82) is 0 Å². The van der Waals surface area contributed by atoms with Crippen molar-refractivity contribution in [2.24, 2.45) is 0 Å². The van der Waals surface area contributed by atoms with E-state index < -0.39 is 59.2 Å². The number of hydrogen-bond donors (Lipinski definition) is 6. The first-order valence-corrected chi connectivity index (χ1v) is 10.0. The normalized spacial score (nSPS) is 22.8. The second-order valence-corrected chi connectivity index (χ2v) is 7.58. The standard InChI is InChI=1S/C20H19F3N6O6/c21-20(22,23)8-4-9(13(31)10(30)5-8)18(34)25-3-1-2-11-14(32)15(33)19(35-11)29-7-28-12-16(24)26-6-27-17(12)29/h1-2,4-7,11,14-15,19,30-33H,3H2,(H,25,34)(H2,24,26,27)/b2-1+/t11-,14-,15-,19-/m1/s1. The van der Waals surface area contributed by atoms with E-state index in [1.807, 2.05) is 0 Å². The molecule has 1 aromatic carbocycles. The molecule has 15 heteroatoms. The number of fused-ring (bicyclic) bond motifs is 1. The van der Waals surface area contributed by atoms with Crippen LogP contribution >= 0.6 is 0 Å². The third-order valence-electron chi connectivity index (χ3n) is 5.30. The second kappa shape index (κ2) is 9.01. The maximum absolute atomic E-state index is 12.9. The Bertz CT molecular complexity index is 1300. The van der Waals surface area contributed by atoms with E-state index in [2.05, 4.69) is 20.3 Å². The van der Waals surface area contributed by atoms with Gasteiger partial charge in [-0.2, -0.15) is 13.2 Å². The van der Waals surface area contributed by atoms with Crippen molar-refractivity contribution >= 4 is 22.9 Å². The molecule has 1 saturated heterocycles. The zero-order chi connectivity index (χ0) is 25.5. The number of nitrogens with one attached hydrogen (secondary N) is 1. The molecule has 0 unspecified atom stereocenters. The molecule has 2 aromatic heterocycles. The fourth-order valence-electron chi connectivity index (χ4n) is 3.54. The van der Waals surface area contributed by atoms with Crippen LogP contribution in [0.3, 0.4) is 0 Å². The number of rotatable bonds is 5. The highest BCUT2D eigenvalue weighted by atomic mass is 19.4. The number of aliphatic hydroxyl groups excluding tert-OH is 2. The summed E-state index contributed by atoms with van der Waals surface area (Å²) in [5.41, 5.74) is 4.21. The Labute approximate surface area is 194 Å². The molecule has 35 heavy (non-hydrogen) atoms. The molecule has 7 N–H and O–H groups in total. The SMILES string of the molecule is Nc1ncnc2c1ncn2[C@@H]1O[C@H](/C=C/CNC(=O)c2cc(C(F)(F)F)cc(O)c2O)[C@@H](O)[C@H]1O. The summed E-state index contributed by atoms with van der Waals surface area (Å²) in [5, 5.41) is 42.3. The van der Waals surface area contributed by atoms with E-state index in [9.17, 15) is 38.4 Å². The van der Waals surface area contributed by atoms with Gasteiger partial charge in [-0.3, -0.25) is 9.36 Å². The predicted octanol–water partition coefficient (Wildman–Crippen LogP) is 0.444. The lowest BCUT2D eigenvalue weighted by Gasteiger charge is -2.16. The Kier molecular flexibility index (Phi) is 6.23. The van der Waals surface area contributed by atoms with Gasteiger partial charge >= 0.3 is 6.18 Å². The highest BCUT2D eigenvalue weighted by Crippen LogP contribution is 2.38. The number of aromatic hydroxyl groups is 2. The topological polar surface area (TPSA) is 189 Å². The van der Waals surface area contributed by atoms with Crippen molar-refractivity contribution in [3.63, 3.8) is 0 Å². The largest absolute Gasteiger partial charge is 0.504 e. The van der Waals surface area contributed by atoms with Crippen molar-refractivity contribution in [2.45, 2.75) is 30.7 Å². The molecule has 0 saturated carbocycles. The Balaban J connectivity index is 1.43. The van der Waals surface area contributed by atoms with E-state index >= 15 is 0 Å². The van der Waals surface area contributed by atoms with Crippen LogP contribution in [0.5, 0.6) is 11.5 Å². The van der Waals surface area contributed by atoms with Gasteiger partial charge < -0.3 is 36.2 Å². The van der Waals surface area contributed by atoms with Crippen LogP contribution in [0.25, 0.3) is 11.2 Å². The van der Waals surface area contributed by atoms with Crippen LogP contribution < -0.4 is 11.1 Å². The van der Waals surface area contributed by atoms with E-state index in [1.54, 1.807) is 0 Å². The monoisotopic (exact) mass is 496 g/mol. The van der Waals surface area contributed by atoms with Crippen LogP contribution in [0, 0.1) is 0 Å². The van der Waals surface area contributed by atoms with E-state index in [-0.39, 0.29) is 23.5 Å². The van der Waals surface area contributed by atoms with Gasteiger partial charge in [-0.15, -0.1) is 0 Å². The summed E-state index contributed by atoms with van der Waals surface area (Å²) in [6.07, 6.45) is -4.49. The number of carbonyl (C=O) groups excluding carboxylic acids is 1. The molecule has 1 amide bonds. The minimum Gasteiger partial charge on any atom is -0.504 e. The molecule has 3 aromatic rings. The lowest BCUT2D eigenvalue weighted by molar-refractivity contribution is -0.137. The van der Waals surface area contributed by atoms with Gasteiger partial charge in [0, 0.05) is 6.54 Å². The number of ether oxygens (including phenoxy) is 1. The molecule has 0 aliphatic carbocycles. The number of hydrogen-bond acceptors (Lipinski definition) is 10. The summed E-state index contributed by atoms with van der Waals surface area (Å²) in [6.45, 7) is -0.236. The first-order valence-electron chi connectivity index (χ1n) is 10.0. The van der Waals surface area contributed by atoms with E-state index in [4.69, 9.17) is 10.5 Å². The second-order valence-electron chi connectivity index (χ2n) is 7.58. The summed E-state index contributed by atoms with van der Waals surface area (Å²) < 4.78 is 45.8. The molecule has 186 valence electrons. The average Bonchev–Trinajstić information content (AvgIpc) is 3.34. The van der Waals surface area contributed by atoms with Crippen molar-refractivity contribution in [1.82, 2.24) is 24.8 Å². The summed E-state index contributed by atoms with van der Waals surface area (Å²) >= 11 is 0. The van der Waals surface area contributed by atoms with Gasteiger partial charge in [0.2, 0.25) is 0 Å². The van der Waals surface area contributed by atoms with Crippen LogP contribution in [0.4, 0.5) is 19.0 Å². The number of amides is 1. The van der Waals surface area contributed by atoms with Gasteiger partial charge in [-0.05, 0) is 12.1 Å². The van der Waals surface area contributed by atoms with Crippen LogP contribution in [0.1, 0.15) is 22.1 Å². The summed E-state index contributed by atoms with van der Waals surface area (Å²) in [7, 11) is 0. The van der Waals surface area contributed by atoms with Crippen LogP contribution in [0.15, 0.2) is 36.9 Å². The third-order valence-corrected chi connectivity index (χ3v) is 5.30. The maximum Gasteiger partial charge on any atom is 0.416 e. The molecule has 0 bridgehead atoms. The molecule has 3 heterocycles. The number of nitrogen functional groups attached to an aromatic ring is 1. The predicted molar refractivity (Wildman–Crippen MR) is 112 cm³/mol. The number of nitrogens with zero attached hydrogens (tertiary/aromatic N) is 4. The number of phenolic OH excluding ortho intramolecular Hbond substituents is 2. The highest BCUT2D eigenvalue weighted by molar-refractivity contribution is 5.98. The molecular weight excluding hydrogens is 477 g/mol. The lowest BCUT2D eigenvalue weighted by Crippen LogP contribution is -2.31. The van der Waals surface area contributed by atoms with Crippen LogP contribution in [0.2, 0.25) is 0 Å². The number of benzene rings is 1. The average molecular weight is 496 g/mol. The Morgan fingerprint density at radius 1 is 1.20 bits per heavy atom. The molecule has 4 atom stereocenters. The van der Waals surface area contributed by atoms with Crippen molar-refractivity contribution < 1.29 is 43.1 Å². The molecule has 0 spiro atoms. The Morgan fingerprint density at radius 3 is 2.66 bits per heavy atom. The van der Waals surface area contributed by atoms with Gasteiger partial charge in [-0.1, -0.05) is 12.2 Å². The molecule has 12 nitrogen and oxygen atoms in total. The molecule has 4 rings (SSSR count). The number of nitrogens with two attached hydrogens (primary N) is 1. The number of imidazole rings is 1. The number of phenols is 2. The molecule has 1 aliphatic rings. The summed E-state index contributed by atoms with van der Waals surface area (Å²) in [4.78, 5) is 24.2. The number of anilines is 1. The first kappa shape index (κ1) is 24.2. The number of halogens is 3. The zero-order valence-electron chi connectivity index (χ0n) is 17.6. The fraction of sp³-hybridized carbons (Fsp3) is 0.300. The quantitative estimate of drug-likeness (QED) is 0.214. The Morgan fingerprint density at radius 2 is 1.94 bits per heavy atom.